The first-order valence-electron chi connectivity index (χ1n) is 13.0. The fourth-order valence-corrected chi connectivity index (χ4v) is 5.41. The van der Waals surface area contributed by atoms with Crippen LogP contribution in [0.3, 0.4) is 0 Å². The third-order valence-corrected chi connectivity index (χ3v) is 8.47. The molecule has 2 aromatic heterocycles. The van der Waals surface area contributed by atoms with E-state index < -0.39 is 16.6 Å². The number of aryl methyl sites for hydroxylation is 2. The van der Waals surface area contributed by atoms with Gasteiger partial charge in [0.2, 0.25) is 0 Å². The number of esters is 1. The zero-order valence-electron chi connectivity index (χ0n) is 23.1. The highest BCUT2D eigenvalue weighted by Crippen LogP contribution is 2.34. The van der Waals surface area contributed by atoms with Crippen molar-refractivity contribution in [2.75, 3.05) is 12.4 Å². The van der Waals surface area contributed by atoms with Gasteiger partial charge in [-0.15, -0.1) is 0 Å². The highest BCUT2D eigenvalue weighted by molar-refractivity contribution is 7.86. The smallest absolute Gasteiger partial charge is 0.310 e. The maximum Gasteiger partial charge on any atom is 0.310 e. The Morgan fingerprint density at radius 3 is 2.62 bits per heavy atom. The van der Waals surface area contributed by atoms with Crippen LogP contribution in [0.15, 0.2) is 60.9 Å². The van der Waals surface area contributed by atoms with E-state index in [1.165, 1.54) is 0 Å². The van der Waals surface area contributed by atoms with Crippen LogP contribution in [0, 0.1) is 5.82 Å². The molecule has 0 aliphatic rings. The first-order valence-corrected chi connectivity index (χ1v) is 14.4. The first-order chi connectivity index (χ1) is 18.6. The van der Waals surface area contributed by atoms with Crippen LogP contribution in [0.25, 0.3) is 22.0 Å². The first kappa shape index (κ1) is 28.5. The van der Waals surface area contributed by atoms with Crippen LogP contribution in [-0.2, 0) is 46.8 Å². The summed E-state index contributed by atoms with van der Waals surface area (Å²) < 4.78 is 41.2. The minimum atomic E-state index is -1.10. The van der Waals surface area contributed by atoms with Gasteiger partial charge in [-0.3, -0.25) is 14.0 Å². The lowest BCUT2D eigenvalue weighted by Gasteiger charge is -2.18. The monoisotopic (exact) mass is 550 g/mol. The zero-order valence-corrected chi connectivity index (χ0v) is 23.9. The van der Waals surface area contributed by atoms with Gasteiger partial charge in [0.1, 0.15) is 12.4 Å². The van der Waals surface area contributed by atoms with Gasteiger partial charge < -0.3 is 14.0 Å². The SMILES string of the molecule is CCOC(=O)Cc1ccccc1OCc1cc(-c2ccnc(CC[S@@](=O)C(C)(C)C)c2F)c2ccn(C)c2c1. The molecule has 8 heteroatoms. The van der Waals surface area contributed by atoms with Crippen LogP contribution in [0.1, 0.15) is 44.5 Å². The Morgan fingerprint density at radius 2 is 1.87 bits per heavy atom. The van der Waals surface area contributed by atoms with E-state index in [0.717, 1.165) is 27.6 Å². The third kappa shape index (κ3) is 6.74. The quantitative estimate of drug-likeness (QED) is 0.221. The number of fused-ring (bicyclic) bond motifs is 1. The minimum absolute atomic E-state index is 0.122. The fourth-order valence-electron chi connectivity index (χ4n) is 4.42. The Kier molecular flexibility index (Phi) is 8.85. The second-order valence-corrected chi connectivity index (χ2v) is 12.7. The molecule has 6 nitrogen and oxygen atoms in total. The van der Waals surface area contributed by atoms with Crippen LogP contribution in [-0.4, -0.2) is 36.8 Å². The molecule has 0 saturated carbocycles. The molecule has 0 N–H and O–H groups in total. The number of pyridine rings is 1. The van der Waals surface area contributed by atoms with Crippen LogP contribution >= 0.6 is 0 Å². The number of benzene rings is 2. The Hall–Kier alpha value is -3.52. The number of nitrogens with zero attached hydrogens (tertiary/aromatic N) is 2. The number of para-hydroxylation sites is 1. The van der Waals surface area contributed by atoms with Crippen molar-refractivity contribution in [2.24, 2.45) is 7.05 Å². The summed E-state index contributed by atoms with van der Waals surface area (Å²) in [5.41, 5.74) is 4.04. The number of rotatable bonds is 10. The number of hydrogen-bond donors (Lipinski definition) is 0. The van der Waals surface area contributed by atoms with E-state index in [1.54, 1.807) is 19.2 Å². The predicted octanol–water partition coefficient (Wildman–Crippen LogP) is 6.15. The van der Waals surface area contributed by atoms with E-state index in [1.807, 2.05) is 81.0 Å². The van der Waals surface area contributed by atoms with Crippen molar-refractivity contribution in [1.82, 2.24) is 9.55 Å². The molecule has 1 atom stereocenters. The van der Waals surface area contributed by atoms with Crippen LogP contribution in [0.2, 0.25) is 0 Å². The second kappa shape index (κ2) is 12.1. The zero-order chi connectivity index (χ0) is 28.2. The average molecular weight is 551 g/mol. The molecule has 0 fully saturated rings. The van der Waals surface area contributed by atoms with Crippen molar-refractivity contribution in [3.05, 3.63) is 83.6 Å². The predicted molar refractivity (Wildman–Crippen MR) is 154 cm³/mol. The van der Waals surface area contributed by atoms with Crippen molar-refractivity contribution in [1.29, 1.82) is 0 Å². The Bertz CT molecular complexity index is 1510. The summed E-state index contributed by atoms with van der Waals surface area (Å²) in [4.78, 5) is 16.3. The van der Waals surface area contributed by atoms with E-state index >= 15 is 4.39 Å². The van der Waals surface area contributed by atoms with E-state index in [0.29, 0.717) is 35.8 Å². The maximum absolute atomic E-state index is 15.8. The maximum atomic E-state index is 15.8. The van der Waals surface area contributed by atoms with Gasteiger partial charge in [-0.05, 0) is 69.2 Å². The number of hydrogen-bond acceptors (Lipinski definition) is 5. The highest BCUT2D eigenvalue weighted by atomic mass is 32.2. The molecule has 39 heavy (non-hydrogen) atoms. The molecule has 4 aromatic rings. The fraction of sp³-hybridized carbons (Fsp3) is 0.355. The van der Waals surface area contributed by atoms with Crippen molar-refractivity contribution in [3.8, 4) is 16.9 Å². The molecular weight excluding hydrogens is 515 g/mol. The molecule has 0 unspecified atom stereocenters. The lowest BCUT2D eigenvalue weighted by atomic mass is 9.98. The summed E-state index contributed by atoms with van der Waals surface area (Å²) in [5, 5.41) is 0.915. The van der Waals surface area contributed by atoms with Crippen LogP contribution < -0.4 is 4.74 Å². The summed E-state index contributed by atoms with van der Waals surface area (Å²) in [6.07, 6.45) is 3.97. The number of carbonyl (C=O) groups is 1. The molecule has 2 heterocycles. The summed E-state index contributed by atoms with van der Waals surface area (Å²) in [7, 11) is 0.842. The molecule has 0 bridgehead atoms. The van der Waals surface area contributed by atoms with Gasteiger partial charge in [-0.1, -0.05) is 18.2 Å². The molecule has 0 aliphatic carbocycles. The van der Waals surface area contributed by atoms with Crippen LogP contribution in [0.5, 0.6) is 5.75 Å². The summed E-state index contributed by atoms with van der Waals surface area (Å²) in [6.45, 7) is 8.08. The lowest BCUT2D eigenvalue weighted by Crippen LogP contribution is -2.25. The summed E-state index contributed by atoms with van der Waals surface area (Å²) in [5.74, 6) is 0.238. The van der Waals surface area contributed by atoms with E-state index in [9.17, 15) is 9.00 Å². The Morgan fingerprint density at radius 1 is 1.10 bits per heavy atom. The van der Waals surface area contributed by atoms with Gasteiger partial charge >= 0.3 is 5.97 Å². The van der Waals surface area contributed by atoms with Gasteiger partial charge in [-0.2, -0.15) is 0 Å². The molecule has 0 spiro atoms. The third-order valence-electron chi connectivity index (χ3n) is 6.53. The molecule has 206 valence electrons. The van der Waals surface area contributed by atoms with Crippen molar-refractivity contribution in [2.45, 2.75) is 51.9 Å². The van der Waals surface area contributed by atoms with E-state index in [2.05, 4.69) is 4.98 Å². The molecule has 0 radical (unpaired) electrons. The topological polar surface area (TPSA) is 70.4 Å². The van der Waals surface area contributed by atoms with Gasteiger partial charge in [0.05, 0.1) is 18.7 Å². The van der Waals surface area contributed by atoms with Gasteiger partial charge in [0.25, 0.3) is 0 Å². The Labute approximate surface area is 231 Å². The standard InChI is InChI=1S/C31H35FN2O4S/c1-6-37-29(35)19-22-9-7-8-10-28(22)38-20-21-17-25(23-12-15-34(5)27(23)18-21)24-11-14-33-26(30(24)32)13-16-39(36)31(2,3)4/h7-12,14-15,17-18H,6,13,16,19-20H2,1-5H3/t39-/m1/s1. The lowest BCUT2D eigenvalue weighted by molar-refractivity contribution is -0.142. The molecule has 0 aliphatic heterocycles. The van der Waals surface area contributed by atoms with Gasteiger partial charge in [-0.25, -0.2) is 4.39 Å². The molecule has 2 aromatic carbocycles. The van der Waals surface area contributed by atoms with Gasteiger partial charge in [0.15, 0.2) is 5.82 Å². The second-order valence-electron chi connectivity index (χ2n) is 10.4. The number of aromatic nitrogens is 2. The normalized spacial score (nSPS) is 12.5. The number of ether oxygens (including phenoxy) is 2. The summed E-state index contributed by atoms with van der Waals surface area (Å²) in [6, 6.07) is 15.0. The number of carbonyl (C=O) groups excluding carboxylic acids is 1. The van der Waals surface area contributed by atoms with E-state index in [4.69, 9.17) is 9.47 Å². The van der Waals surface area contributed by atoms with Crippen molar-refractivity contribution in [3.63, 3.8) is 0 Å². The Balaban J connectivity index is 1.65. The molecule has 4 rings (SSSR count). The highest BCUT2D eigenvalue weighted by Gasteiger charge is 2.21. The largest absolute Gasteiger partial charge is 0.489 e. The van der Waals surface area contributed by atoms with Crippen molar-refractivity contribution < 1.29 is 22.9 Å². The van der Waals surface area contributed by atoms with Gasteiger partial charge in [0, 0.05) is 69.2 Å². The average Bonchev–Trinajstić information content (AvgIpc) is 3.27. The molecular formula is C31H35FN2O4S. The van der Waals surface area contributed by atoms with Crippen molar-refractivity contribution >= 4 is 27.7 Å². The van der Waals surface area contributed by atoms with E-state index in [-0.39, 0.29) is 23.7 Å². The minimum Gasteiger partial charge on any atom is -0.489 e. The number of halogens is 1. The summed E-state index contributed by atoms with van der Waals surface area (Å²) >= 11 is 0. The molecule has 0 saturated heterocycles. The molecule has 0 amide bonds. The van der Waals surface area contributed by atoms with Crippen LogP contribution in [0.4, 0.5) is 4.39 Å².